The van der Waals surface area contributed by atoms with Crippen LogP contribution in [0.1, 0.15) is 46.0 Å². The molecule has 2 atom stereocenters. The first kappa shape index (κ1) is 19.5. The van der Waals surface area contributed by atoms with Crippen molar-refractivity contribution in [3.8, 4) is 0 Å². The van der Waals surface area contributed by atoms with Crippen LogP contribution in [-0.2, 0) is 19.1 Å². The fraction of sp³-hybridized carbons (Fsp3) is 0.500. The predicted molar refractivity (Wildman–Crippen MR) is 109 cm³/mol. The number of carbonyl (C=O) groups is 2. The Labute approximate surface area is 170 Å². The summed E-state index contributed by atoms with van der Waals surface area (Å²) in [6.07, 6.45) is 14.3. The average Bonchev–Trinajstić information content (AvgIpc) is 3.24. The lowest BCUT2D eigenvalue weighted by atomic mass is 9.95. The van der Waals surface area contributed by atoms with Crippen LogP contribution in [0.5, 0.6) is 0 Å². The molecule has 0 amide bonds. The van der Waals surface area contributed by atoms with Crippen LogP contribution < -0.4 is 10.6 Å². The highest BCUT2D eigenvalue weighted by molar-refractivity contribution is 6.25. The fourth-order valence-corrected chi connectivity index (χ4v) is 4.04. The van der Waals surface area contributed by atoms with Crippen LogP contribution in [0, 0.1) is 5.92 Å². The predicted octanol–water partition coefficient (Wildman–Crippen LogP) is 2.63. The number of dihydropyridines is 1. The van der Waals surface area contributed by atoms with Crippen molar-refractivity contribution in [3.05, 3.63) is 47.2 Å². The molecule has 4 aliphatic rings. The van der Waals surface area contributed by atoms with E-state index in [4.69, 9.17) is 9.47 Å². The summed E-state index contributed by atoms with van der Waals surface area (Å²) in [6, 6.07) is 0.195. The lowest BCUT2D eigenvalue weighted by Crippen LogP contribution is -2.32. The molecule has 0 radical (unpaired) electrons. The van der Waals surface area contributed by atoms with E-state index < -0.39 is 11.8 Å². The molecule has 1 aliphatic carbocycles. The SMILES string of the molecule is CC(C)OC(=O)C1=C(NC2CCCCC2)O/C(=C\C2=CNC3N=CC=CC23)C1=O. The van der Waals surface area contributed by atoms with Gasteiger partial charge in [-0.15, -0.1) is 0 Å². The van der Waals surface area contributed by atoms with Gasteiger partial charge in [0.2, 0.25) is 11.7 Å². The van der Waals surface area contributed by atoms with E-state index >= 15 is 0 Å². The number of hydrogen-bond donors (Lipinski definition) is 2. The Balaban J connectivity index is 1.57. The van der Waals surface area contributed by atoms with Crippen LogP contribution in [-0.4, -0.2) is 36.3 Å². The van der Waals surface area contributed by atoms with Crippen molar-refractivity contribution in [3.63, 3.8) is 0 Å². The maximum absolute atomic E-state index is 13.0. The van der Waals surface area contributed by atoms with Crippen molar-refractivity contribution in [1.82, 2.24) is 10.6 Å². The van der Waals surface area contributed by atoms with Gasteiger partial charge in [0.1, 0.15) is 6.17 Å². The minimum Gasteiger partial charge on any atom is -0.459 e. The Hall–Kier alpha value is -2.83. The highest BCUT2D eigenvalue weighted by Gasteiger charge is 2.39. The van der Waals surface area contributed by atoms with Crippen LogP contribution in [0.3, 0.4) is 0 Å². The van der Waals surface area contributed by atoms with E-state index in [-0.39, 0.29) is 41.4 Å². The van der Waals surface area contributed by atoms with Gasteiger partial charge >= 0.3 is 5.97 Å². The summed E-state index contributed by atoms with van der Waals surface area (Å²) >= 11 is 0. The monoisotopic (exact) mass is 397 g/mol. The lowest BCUT2D eigenvalue weighted by Gasteiger charge is -2.24. The minimum absolute atomic E-state index is 0.0327. The first-order chi connectivity index (χ1) is 14.0. The number of nitrogens with one attached hydrogen (secondary N) is 2. The summed E-state index contributed by atoms with van der Waals surface area (Å²) in [5, 5.41) is 6.48. The lowest BCUT2D eigenvalue weighted by molar-refractivity contribution is -0.143. The maximum Gasteiger partial charge on any atom is 0.348 e. The second-order valence-electron chi connectivity index (χ2n) is 8.04. The molecule has 2 unspecified atom stereocenters. The molecule has 1 saturated carbocycles. The van der Waals surface area contributed by atoms with Crippen LogP contribution in [0.25, 0.3) is 0 Å². The molecule has 0 saturated heterocycles. The standard InChI is InChI=1S/C22H27N3O4/c1-13(2)28-22(27)18-19(26)17(29-21(18)25-15-7-4-3-5-8-15)11-14-12-24-20-16(14)9-6-10-23-20/h6,9-13,15-16,20,24-25H,3-5,7-8H2,1-2H3/b17-11-. The van der Waals surface area contributed by atoms with Crippen molar-refractivity contribution in [2.75, 3.05) is 0 Å². The number of carbonyl (C=O) groups excluding carboxylic acids is 2. The van der Waals surface area contributed by atoms with Crippen molar-refractivity contribution >= 4 is 18.0 Å². The Kier molecular flexibility index (Phi) is 5.56. The zero-order valence-electron chi connectivity index (χ0n) is 16.8. The van der Waals surface area contributed by atoms with E-state index in [1.807, 2.05) is 18.4 Å². The number of ether oxygens (including phenoxy) is 2. The molecule has 3 heterocycles. The van der Waals surface area contributed by atoms with Gasteiger partial charge in [-0.2, -0.15) is 0 Å². The number of ketones is 1. The minimum atomic E-state index is -0.648. The molecule has 0 aromatic carbocycles. The van der Waals surface area contributed by atoms with Gasteiger partial charge in [0.25, 0.3) is 0 Å². The molecule has 7 heteroatoms. The van der Waals surface area contributed by atoms with Crippen LogP contribution in [0.15, 0.2) is 52.2 Å². The third-order valence-electron chi connectivity index (χ3n) is 5.47. The molecule has 0 aromatic heterocycles. The van der Waals surface area contributed by atoms with Gasteiger partial charge < -0.3 is 20.1 Å². The van der Waals surface area contributed by atoms with E-state index in [1.54, 1.807) is 26.1 Å². The number of fused-ring (bicyclic) bond motifs is 1. The number of rotatable bonds is 5. The third-order valence-corrected chi connectivity index (χ3v) is 5.47. The largest absolute Gasteiger partial charge is 0.459 e. The molecular formula is C22H27N3O4. The first-order valence-electron chi connectivity index (χ1n) is 10.3. The smallest absolute Gasteiger partial charge is 0.348 e. The highest BCUT2D eigenvalue weighted by atomic mass is 16.5. The van der Waals surface area contributed by atoms with E-state index in [9.17, 15) is 9.59 Å². The summed E-state index contributed by atoms with van der Waals surface area (Å²) in [5.41, 5.74) is 0.845. The topological polar surface area (TPSA) is 89.0 Å². The molecule has 0 aromatic rings. The van der Waals surface area contributed by atoms with Gasteiger partial charge in [-0.1, -0.05) is 25.3 Å². The number of aliphatic imine (C=N–C) groups is 1. The Morgan fingerprint density at radius 3 is 2.90 bits per heavy atom. The van der Waals surface area contributed by atoms with E-state index in [0.29, 0.717) is 0 Å². The summed E-state index contributed by atoms with van der Waals surface area (Å²) in [4.78, 5) is 30.0. The number of hydrogen-bond acceptors (Lipinski definition) is 7. The Morgan fingerprint density at radius 2 is 2.14 bits per heavy atom. The first-order valence-corrected chi connectivity index (χ1v) is 10.3. The zero-order valence-corrected chi connectivity index (χ0v) is 16.8. The molecule has 1 fully saturated rings. The molecule has 2 N–H and O–H groups in total. The van der Waals surface area contributed by atoms with E-state index in [1.165, 1.54) is 6.42 Å². The summed E-state index contributed by atoms with van der Waals surface area (Å²) in [6.45, 7) is 3.52. The quantitative estimate of drug-likeness (QED) is 0.421. The van der Waals surface area contributed by atoms with Gasteiger partial charge in [-0.25, -0.2) is 4.79 Å². The third kappa shape index (κ3) is 4.13. The van der Waals surface area contributed by atoms with Crippen molar-refractivity contribution in [2.45, 2.75) is 64.3 Å². The van der Waals surface area contributed by atoms with E-state index in [2.05, 4.69) is 15.6 Å². The molecule has 4 rings (SSSR count). The van der Waals surface area contributed by atoms with Crippen molar-refractivity contribution in [1.29, 1.82) is 0 Å². The normalized spacial score (nSPS) is 27.8. The summed E-state index contributed by atoms with van der Waals surface area (Å²) < 4.78 is 11.2. The average molecular weight is 397 g/mol. The van der Waals surface area contributed by atoms with Crippen molar-refractivity contribution in [2.24, 2.45) is 10.9 Å². The second-order valence-corrected chi connectivity index (χ2v) is 8.04. The van der Waals surface area contributed by atoms with Gasteiger partial charge in [0, 0.05) is 24.4 Å². The second kappa shape index (κ2) is 8.27. The maximum atomic E-state index is 13.0. The molecule has 29 heavy (non-hydrogen) atoms. The van der Waals surface area contributed by atoms with Crippen molar-refractivity contribution < 1.29 is 19.1 Å². The van der Waals surface area contributed by atoms with Gasteiger partial charge in [0.15, 0.2) is 11.3 Å². The summed E-state index contributed by atoms with van der Waals surface area (Å²) in [5.74, 6) is -0.702. The molecule has 0 bridgehead atoms. The van der Waals surface area contributed by atoms with Gasteiger partial charge in [-0.3, -0.25) is 9.79 Å². The Morgan fingerprint density at radius 1 is 1.34 bits per heavy atom. The zero-order chi connectivity index (χ0) is 20.4. The Bertz CT molecular complexity index is 844. The molecule has 154 valence electrons. The number of nitrogens with zero attached hydrogens (tertiary/aromatic N) is 1. The molecular weight excluding hydrogens is 370 g/mol. The van der Waals surface area contributed by atoms with Crippen LogP contribution in [0.2, 0.25) is 0 Å². The molecule has 7 nitrogen and oxygen atoms in total. The molecule has 0 spiro atoms. The number of allylic oxidation sites excluding steroid dienone is 3. The van der Waals surface area contributed by atoms with Crippen LogP contribution in [0.4, 0.5) is 0 Å². The van der Waals surface area contributed by atoms with Gasteiger partial charge in [-0.05, 0) is 44.4 Å². The highest BCUT2D eigenvalue weighted by Crippen LogP contribution is 2.32. The van der Waals surface area contributed by atoms with Crippen LogP contribution >= 0.6 is 0 Å². The van der Waals surface area contributed by atoms with E-state index in [0.717, 1.165) is 31.3 Å². The fourth-order valence-electron chi connectivity index (χ4n) is 4.04. The van der Waals surface area contributed by atoms with Gasteiger partial charge in [0.05, 0.1) is 6.10 Å². The molecule has 3 aliphatic heterocycles. The summed E-state index contributed by atoms with van der Waals surface area (Å²) in [7, 11) is 0. The number of Topliss-reactive ketones (excluding diaryl/α,β-unsaturated/α-hetero) is 1. The number of esters is 1.